The van der Waals surface area contributed by atoms with Crippen molar-refractivity contribution in [2.24, 2.45) is 4.99 Å². The molecule has 0 saturated heterocycles. The monoisotopic (exact) mass is 518 g/mol. The van der Waals surface area contributed by atoms with E-state index in [-0.39, 0.29) is 10.9 Å². The standard InChI is InChI=1S/C30H34N2O4S/c1-5-36-29-18-25-24-8-6-7-9-27(24)31-30(26(25)19-28(29)35-4)21-12-14-22(15-13-21)32(3)37(33,34)23-16-10-20(2)11-17-23/h10-19,24,27H,5-9H2,1-4H3. The summed E-state index contributed by atoms with van der Waals surface area (Å²) >= 11 is 0. The summed E-state index contributed by atoms with van der Waals surface area (Å²) in [6.07, 6.45) is 4.58. The van der Waals surface area contributed by atoms with E-state index in [0.29, 0.717) is 24.0 Å². The van der Waals surface area contributed by atoms with E-state index >= 15 is 0 Å². The van der Waals surface area contributed by atoms with Gasteiger partial charge in [-0.05, 0) is 68.7 Å². The highest BCUT2D eigenvalue weighted by atomic mass is 32.2. The molecule has 2 aliphatic rings. The summed E-state index contributed by atoms with van der Waals surface area (Å²) in [6, 6.07) is 19.0. The Kier molecular flexibility index (Phi) is 6.99. The van der Waals surface area contributed by atoms with Crippen LogP contribution in [0.2, 0.25) is 0 Å². The lowest BCUT2D eigenvalue weighted by Crippen LogP contribution is -2.30. The van der Waals surface area contributed by atoms with Crippen molar-refractivity contribution in [1.29, 1.82) is 0 Å². The molecule has 2 atom stereocenters. The van der Waals surface area contributed by atoms with Gasteiger partial charge in [-0.25, -0.2) is 8.42 Å². The van der Waals surface area contributed by atoms with Gasteiger partial charge in [0.1, 0.15) is 0 Å². The van der Waals surface area contributed by atoms with Crippen molar-refractivity contribution in [2.75, 3.05) is 25.1 Å². The predicted octanol–water partition coefficient (Wildman–Crippen LogP) is 6.10. The van der Waals surface area contributed by atoms with Gasteiger partial charge >= 0.3 is 0 Å². The van der Waals surface area contributed by atoms with Crippen LogP contribution in [0.15, 0.2) is 70.6 Å². The first-order valence-corrected chi connectivity index (χ1v) is 14.4. The lowest BCUT2D eigenvalue weighted by molar-refractivity contribution is 0.308. The Hall–Kier alpha value is -3.32. The Morgan fingerprint density at radius 2 is 1.68 bits per heavy atom. The average Bonchev–Trinajstić information content (AvgIpc) is 2.92. The molecule has 5 rings (SSSR count). The van der Waals surface area contributed by atoms with E-state index in [1.165, 1.54) is 22.7 Å². The molecule has 0 aromatic heterocycles. The van der Waals surface area contributed by atoms with Gasteiger partial charge in [0.05, 0.1) is 36.1 Å². The molecule has 37 heavy (non-hydrogen) atoms. The normalized spacial score (nSPS) is 18.9. The number of methoxy groups -OCH3 is 1. The minimum Gasteiger partial charge on any atom is -0.493 e. The quantitative estimate of drug-likeness (QED) is 0.379. The van der Waals surface area contributed by atoms with E-state index in [4.69, 9.17) is 14.5 Å². The van der Waals surface area contributed by atoms with E-state index in [1.54, 1.807) is 26.3 Å². The Balaban J connectivity index is 1.52. The second kappa shape index (κ2) is 10.2. The van der Waals surface area contributed by atoms with Crippen LogP contribution in [0.1, 0.15) is 60.8 Å². The molecular weight excluding hydrogens is 484 g/mol. The first kappa shape index (κ1) is 25.3. The van der Waals surface area contributed by atoms with Crippen molar-refractivity contribution >= 4 is 21.4 Å². The second-order valence-corrected chi connectivity index (χ2v) is 11.8. The van der Waals surface area contributed by atoms with Crippen LogP contribution in [0.4, 0.5) is 5.69 Å². The molecule has 7 heteroatoms. The number of sulfonamides is 1. The minimum atomic E-state index is -3.66. The fourth-order valence-corrected chi connectivity index (χ4v) is 6.64. The van der Waals surface area contributed by atoms with Crippen LogP contribution < -0.4 is 13.8 Å². The Morgan fingerprint density at radius 1 is 0.973 bits per heavy atom. The molecule has 0 spiro atoms. The van der Waals surface area contributed by atoms with Crippen molar-refractivity contribution in [1.82, 2.24) is 0 Å². The topological polar surface area (TPSA) is 68.2 Å². The highest BCUT2D eigenvalue weighted by Crippen LogP contribution is 2.45. The SMILES string of the molecule is CCOc1cc2c(cc1OC)C(c1ccc(N(C)S(=O)(=O)c3ccc(C)cc3)cc1)=NC1CCCCC21. The number of fused-ring (bicyclic) bond motifs is 3. The third-order valence-electron chi connectivity index (χ3n) is 7.50. The van der Waals surface area contributed by atoms with E-state index in [2.05, 4.69) is 6.07 Å². The molecular formula is C30H34N2O4S. The Morgan fingerprint density at radius 3 is 2.35 bits per heavy atom. The van der Waals surface area contributed by atoms with Gasteiger partial charge in [0, 0.05) is 24.1 Å². The van der Waals surface area contributed by atoms with E-state index in [9.17, 15) is 8.42 Å². The summed E-state index contributed by atoms with van der Waals surface area (Å²) in [6.45, 7) is 4.49. The highest BCUT2D eigenvalue weighted by Gasteiger charge is 2.34. The second-order valence-electron chi connectivity index (χ2n) is 9.79. The highest BCUT2D eigenvalue weighted by molar-refractivity contribution is 7.92. The zero-order valence-corrected chi connectivity index (χ0v) is 22.7. The number of nitrogens with zero attached hydrogens (tertiary/aromatic N) is 2. The summed E-state index contributed by atoms with van der Waals surface area (Å²) in [5.74, 6) is 1.85. The molecule has 1 fully saturated rings. The molecule has 3 aromatic carbocycles. The zero-order valence-electron chi connectivity index (χ0n) is 21.9. The van der Waals surface area contributed by atoms with Crippen molar-refractivity contribution in [3.63, 3.8) is 0 Å². The van der Waals surface area contributed by atoms with Crippen LogP contribution in [0.25, 0.3) is 0 Å². The molecule has 0 radical (unpaired) electrons. The van der Waals surface area contributed by atoms with Gasteiger partial charge in [0.2, 0.25) is 0 Å². The van der Waals surface area contributed by atoms with Gasteiger partial charge in [0.15, 0.2) is 11.5 Å². The number of hydrogen-bond donors (Lipinski definition) is 0. The molecule has 6 nitrogen and oxygen atoms in total. The molecule has 0 amide bonds. The van der Waals surface area contributed by atoms with Crippen molar-refractivity contribution in [2.45, 2.75) is 56.4 Å². The molecule has 1 aliphatic carbocycles. The van der Waals surface area contributed by atoms with E-state index < -0.39 is 10.0 Å². The number of aryl methyl sites for hydroxylation is 1. The zero-order chi connectivity index (χ0) is 26.2. The smallest absolute Gasteiger partial charge is 0.264 e. The molecule has 0 bridgehead atoms. The molecule has 3 aromatic rings. The van der Waals surface area contributed by atoms with Crippen molar-refractivity contribution < 1.29 is 17.9 Å². The van der Waals surface area contributed by atoms with Crippen LogP contribution in [-0.2, 0) is 10.0 Å². The third kappa shape index (κ3) is 4.73. The molecule has 194 valence electrons. The fourth-order valence-electron chi connectivity index (χ4n) is 5.45. The molecule has 1 heterocycles. The van der Waals surface area contributed by atoms with Crippen LogP contribution in [-0.4, -0.2) is 40.9 Å². The Labute approximate surface area is 220 Å². The van der Waals surface area contributed by atoms with Crippen LogP contribution in [0, 0.1) is 6.92 Å². The summed E-state index contributed by atoms with van der Waals surface area (Å²) in [7, 11) is -0.411. The molecule has 2 unspecified atom stereocenters. The maximum absolute atomic E-state index is 13.2. The van der Waals surface area contributed by atoms with Gasteiger partial charge in [-0.2, -0.15) is 0 Å². The summed E-state index contributed by atoms with van der Waals surface area (Å²) in [4.78, 5) is 5.51. The maximum Gasteiger partial charge on any atom is 0.264 e. The minimum absolute atomic E-state index is 0.239. The fraction of sp³-hybridized carbons (Fsp3) is 0.367. The first-order chi connectivity index (χ1) is 17.8. The number of anilines is 1. The van der Waals surface area contributed by atoms with Gasteiger partial charge in [-0.3, -0.25) is 9.30 Å². The summed E-state index contributed by atoms with van der Waals surface area (Å²) in [5, 5.41) is 0. The summed E-state index contributed by atoms with van der Waals surface area (Å²) < 4.78 is 39.3. The van der Waals surface area contributed by atoms with E-state index in [1.807, 2.05) is 56.3 Å². The number of rotatable bonds is 7. The Bertz CT molecular complexity index is 1410. The van der Waals surface area contributed by atoms with Crippen LogP contribution >= 0.6 is 0 Å². The molecule has 0 N–H and O–H groups in total. The summed E-state index contributed by atoms with van der Waals surface area (Å²) in [5.41, 5.74) is 5.83. The van der Waals surface area contributed by atoms with E-state index in [0.717, 1.165) is 41.0 Å². The van der Waals surface area contributed by atoms with Crippen LogP contribution in [0.5, 0.6) is 11.5 Å². The van der Waals surface area contributed by atoms with Crippen molar-refractivity contribution in [3.8, 4) is 11.5 Å². The number of hydrogen-bond acceptors (Lipinski definition) is 5. The third-order valence-corrected chi connectivity index (χ3v) is 9.30. The average molecular weight is 519 g/mol. The maximum atomic E-state index is 13.2. The number of ether oxygens (including phenoxy) is 2. The first-order valence-electron chi connectivity index (χ1n) is 12.9. The molecule has 1 saturated carbocycles. The largest absolute Gasteiger partial charge is 0.493 e. The lowest BCUT2D eigenvalue weighted by atomic mass is 9.75. The number of benzene rings is 3. The van der Waals surface area contributed by atoms with Gasteiger partial charge in [-0.1, -0.05) is 42.7 Å². The molecule has 1 aliphatic heterocycles. The van der Waals surface area contributed by atoms with Crippen molar-refractivity contribution in [3.05, 3.63) is 82.9 Å². The van der Waals surface area contributed by atoms with Gasteiger partial charge in [0.25, 0.3) is 10.0 Å². The predicted molar refractivity (Wildman–Crippen MR) is 148 cm³/mol. The van der Waals surface area contributed by atoms with Gasteiger partial charge < -0.3 is 9.47 Å². The van der Waals surface area contributed by atoms with Gasteiger partial charge in [-0.15, -0.1) is 0 Å². The lowest BCUT2D eigenvalue weighted by Gasteiger charge is -2.36. The number of aliphatic imine (C=N–C) groups is 1. The van der Waals surface area contributed by atoms with Crippen LogP contribution in [0.3, 0.4) is 0 Å².